The SMILES string of the molecule is Cn1nnc(Br)c1C(=O)CCc1cccnc1. The summed E-state index contributed by atoms with van der Waals surface area (Å²) >= 11 is 3.22. The number of rotatable bonds is 4. The summed E-state index contributed by atoms with van der Waals surface area (Å²) in [6.45, 7) is 0. The van der Waals surface area contributed by atoms with Gasteiger partial charge in [0, 0.05) is 25.9 Å². The summed E-state index contributed by atoms with van der Waals surface area (Å²) in [7, 11) is 1.70. The molecule has 2 rings (SSSR count). The number of halogens is 1. The number of pyridine rings is 1. The molecule has 0 unspecified atom stereocenters. The summed E-state index contributed by atoms with van der Waals surface area (Å²) in [6, 6.07) is 3.82. The summed E-state index contributed by atoms with van der Waals surface area (Å²) in [5.41, 5.74) is 1.56. The highest BCUT2D eigenvalue weighted by atomic mass is 79.9. The van der Waals surface area contributed by atoms with E-state index in [1.807, 2.05) is 12.1 Å². The van der Waals surface area contributed by atoms with Crippen LogP contribution in [0.3, 0.4) is 0 Å². The Labute approximate surface area is 107 Å². The van der Waals surface area contributed by atoms with Gasteiger partial charge in [0.2, 0.25) is 0 Å². The van der Waals surface area contributed by atoms with Crippen LogP contribution in [0.5, 0.6) is 0 Å². The molecule has 88 valence electrons. The quantitative estimate of drug-likeness (QED) is 0.807. The zero-order valence-electron chi connectivity index (χ0n) is 9.30. The fourth-order valence-electron chi connectivity index (χ4n) is 1.55. The second kappa shape index (κ2) is 5.18. The van der Waals surface area contributed by atoms with E-state index in [0.29, 0.717) is 23.1 Å². The zero-order chi connectivity index (χ0) is 12.3. The first-order valence-electron chi connectivity index (χ1n) is 5.16. The van der Waals surface area contributed by atoms with Crippen molar-refractivity contribution >= 4 is 21.7 Å². The second-order valence-corrected chi connectivity index (χ2v) is 4.39. The lowest BCUT2D eigenvalue weighted by molar-refractivity contribution is 0.0973. The van der Waals surface area contributed by atoms with E-state index in [1.54, 1.807) is 19.4 Å². The number of hydrogen-bond donors (Lipinski definition) is 0. The molecule has 0 aliphatic rings. The van der Waals surface area contributed by atoms with Crippen LogP contribution >= 0.6 is 15.9 Å². The summed E-state index contributed by atoms with van der Waals surface area (Å²) < 4.78 is 1.98. The van der Waals surface area contributed by atoms with Crippen LogP contribution in [0, 0.1) is 0 Å². The average molecular weight is 295 g/mol. The number of hydrogen-bond acceptors (Lipinski definition) is 4. The Hall–Kier alpha value is -1.56. The molecule has 0 aliphatic heterocycles. The Kier molecular flexibility index (Phi) is 3.63. The Morgan fingerprint density at radius 3 is 2.94 bits per heavy atom. The standard InChI is InChI=1S/C11H11BrN4O/c1-16-10(11(12)14-15-16)9(17)5-4-8-3-2-6-13-7-8/h2-3,6-7H,4-5H2,1H3. The molecule has 0 fully saturated rings. The van der Waals surface area contributed by atoms with Gasteiger partial charge in [-0.1, -0.05) is 11.3 Å². The van der Waals surface area contributed by atoms with Gasteiger partial charge in [-0.2, -0.15) is 0 Å². The Morgan fingerprint density at radius 2 is 2.35 bits per heavy atom. The summed E-state index contributed by atoms with van der Waals surface area (Å²) in [6.07, 6.45) is 4.58. The van der Waals surface area contributed by atoms with E-state index in [2.05, 4.69) is 31.2 Å². The lowest BCUT2D eigenvalue weighted by Gasteiger charge is -2.01. The maximum atomic E-state index is 12.0. The van der Waals surface area contributed by atoms with Crippen LogP contribution < -0.4 is 0 Å². The third-order valence-electron chi connectivity index (χ3n) is 2.41. The van der Waals surface area contributed by atoms with E-state index < -0.39 is 0 Å². The van der Waals surface area contributed by atoms with E-state index in [0.717, 1.165) is 5.56 Å². The molecule has 0 bridgehead atoms. The van der Waals surface area contributed by atoms with Gasteiger partial charge in [0.15, 0.2) is 10.4 Å². The number of Topliss-reactive ketones (excluding diaryl/α,β-unsaturated/α-hetero) is 1. The molecular formula is C11H11BrN4O. The first kappa shape index (κ1) is 11.9. The number of carbonyl (C=O) groups excluding carboxylic acids is 1. The first-order valence-corrected chi connectivity index (χ1v) is 5.95. The molecule has 0 spiro atoms. The minimum absolute atomic E-state index is 0.0215. The summed E-state index contributed by atoms with van der Waals surface area (Å²) in [5.74, 6) is 0.0215. The highest BCUT2D eigenvalue weighted by molar-refractivity contribution is 9.10. The van der Waals surface area contributed by atoms with Gasteiger partial charge in [-0.3, -0.25) is 9.78 Å². The third-order valence-corrected chi connectivity index (χ3v) is 2.95. The fourth-order valence-corrected chi connectivity index (χ4v) is 2.10. The van der Waals surface area contributed by atoms with Crippen molar-refractivity contribution in [1.82, 2.24) is 20.0 Å². The van der Waals surface area contributed by atoms with E-state index in [9.17, 15) is 4.79 Å². The molecule has 0 saturated carbocycles. The molecule has 2 aromatic rings. The van der Waals surface area contributed by atoms with Gasteiger partial charge in [-0.05, 0) is 34.0 Å². The van der Waals surface area contributed by atoms with E-state index >= 15 is 0 Å². The fraction of sp³-hybridized carbons (Fsp3) is 0.273. The van der Waals surface area contributed by atoms with Crippen LogP contribution in [0.25, 0.3) is 0 Å². The van der Waals surface area contributed by atoms with Crippen molar-refractivity contribution in [2.24, 2.45) is 7.05 Å². The van der Waals surface area contributed by atoms with Crippen LogP contribution in [0.1, 0.15) is 22.5 Å². The molecule has 0 N–H and O–H groups in total. The van der Waals surface area contributed by atoms with E-state index in [-0.39, 0.29) is 5.78 Å². The zero-order valence-corrected chi connectivity index (χ0v) is 10.9. The first-order chi connectivity index (χ1) is 8.18. The molecule has 5 nitrogen and oxygen atoms in total. The molecule has 0 atom stereocenters. The molecule has 0 aliphatic carbocycles. The molecule has 0 saturated heterocycles. The van der Waals surface area contributed by atoms with Crippen molar-refractivity contribution < 1.29 is 4.79 Å². The minimum Gasteiger partial charge on any atom is -0.292 e. The second-order valence-electron chi connectivity index (χ2n) is 3.64. The minimum atomic E-state index is 0.0215. The van der Waals surface area contributed by atoms with E-state index in [4.69, 9.17) is 0 Å². The lowest BCUT2D eigenvalue weighted by atomic mass is 10.1. The molecule has 0 aromatic carbocycles. The third kappa shape index (κ3) is 2.76. The molecule has 6 heteroatoms. The van der Waals surface area contributed by atoms with Gasteiger partial charge in [0.25, 0.3) is 0 Å². The number of aromatic nitrogens is 4. The molecule has 0 amide bonds. The van der Waals surface area contributed by atoms with Crippen LogP contribution in [0.4, 0.5) is 0 Å². The Balaban J connectivity index is 2.04. The van der Waals surface area contributed by atoms with Gasteiger partial charge in [0.1, 0.15) is 5.69 Å². The summed E-state index contributed by atoms with van der Waals surface area (Å²) in [4.78, 5) is 16.0. The Morgan fingerprint density at radius 1 is 1.53 bits per heavy atom. The van der Waals surface area contributed by atoms with Crippen molar-refractivity contribution in [2.45, 2.75) is 12.8 Å². The molecule has 2 heterocycles. The highest BCUT2D eigenvalue weighted by Crippen LogP contribution is 2.15. The summed E-state index contributed by atoms with van der Waals surface area (Å²) in [5, 5.41) is 7.57. The predicted molar refractivity (Wildman–Crippen MR) is 65.6 cm³/mol. The highest BCUT2D eigenvalue weighted by Gasteiger charge is 2.16. The molecule has 17 heavy (non-hydrogen) atoms. The van der Waals surface area contributed by atoms with Gasteiger partial charge in [0.05, 0.1) is 0 Å². The molecule has 0 radical (unpaired) electrons. The van der Waals surface area contributed by atoms with Crippen LogP contribution in [0.15, 0.2) is 29.1 Å². The monoisotopic (exact) mass is 294 g/mol. The maximum absolute atomic E-state index is 12.0. The average Bonchev–Trinajstić information content (AvgIpc) is 2.67. The van der Waals surface area contributed by atoms with Crippen molar-refractivity contribution in [2.75, 3.05) is 0 Å². The smallest absolute Gasteiger partial charge is 0.184 e. The van der Waals surface area contributed by atoms with Crippen LogP contribution in [-0.2, 0) is 13.5 Å². The maximum Gasteiger partial charge on any atom is 0.184 e. The lowest BCUT2D eigenvalue weighted by Crippen LogP contribution is -2.08. The van der Waals surface area contributed by atoms with Crippen molar-refractivity contribution in [3.8, 4) is 0 Å². The predicted octanol–water partition coefficient (Wildman–Crippen LogP) is 1.79. The number of aryl methyl sites for hydroxylation is 2. The molecule has 2 aromatic heterocycles. The van der Waals surface area contributed by atoms with Gasteiger partial charge in [-0.25, -0.2) is 4.68 Å². The molecular weight excluding hydrogens is 284 g/mol. The Bertz CT molecular complexity index is 504. The van der Waals surface area contributed by atoms with Gasteiger partial charge in [-0.15, -0.1) is 5.10 Å². The van der Waals surface area contributed by atoms with Crippen molar-refractivity contribution in [3.63, 3.8) is 0 Å². The number of carbonyl (C=O) groups is 1. The van der Waals surface area contributed by atoms with Crippen LogP contribution in [-0.4, -0.2) is 25.8 Å². The normalized spacial score (nSPS) is 10.5. The van der Waals surface area contributed by atoms with E-state index in [1.165, 1.54) is 4.68 Å². The topological polar surface area (TPSA) is 60.7 Å². The van der Waals surface area contributed by atoms with Gasteiger partial charge >= 0.3 is 0 Å². The number of ketones is 1. The van der Waals surface area contributed by atoms with Crippen molar-refractivity contribution in [1.29, 1.82) is 0 Å². The largest absolute Gasteiger partial charge is 0.292 e. The number of nitrogens with zero attached hydrogens (tertiary/aromatic N) is 4. The van der Waals surface area contributed by atoms with Crippen LogP contribution in [0.2, 0.25) is 0 Å². The van der Waals surface area contributed by atoms with Gasteiger partial charge < -0.3 is 0 Å². The van der Waals surface area contributed by atoms with Crippen molar-refractivity contribution in [3.05, 3.63) is 40.4 Å².